The molecule has 0 fully saturated rings. The second-order valence-electron chi connectivity index (χ2n) is 5.84. The van der Waals surface area contributed by atoms with Crippen LogP contribution in [0.1, 0.15) is 29.2 Å². The van der Waals surface area contributed by atoms with Crippen molar-refractivity contribution in [1.29, 1.82) is 0 Å². The molecule has 0 aromatic heterocycles. The van der Waals surface area contributed by atoms with Crippen molar-refractivity contribution in [2.75, 3.05) is 6.61 Å². The van der Waals surface area contributed by atoms with E-state index in [1.165, 1.54) is 36.4 Å². The Morgan fingerprint density at radius 3 is 1.59 bits per heavy atom. The predicted octanol–water partition coefficient (Wildman–Crippen LogP) is 6.28. The highest BCUT2D eigenvalue weighted by Gasteiger charge is 2.31. The van der Waals surface area contributed by atoms with Crippen molar-refractivity contribution < 1.29 is 35.9 Å². The van der Waals surface area contributed by atoms with Crippen molar-refractivity contribution in [1.82, 2.24) is 0 Å². The van der Waals surface area contributed by atoms with Crippen LogP contribution in [0.15, 0.2) is 66.8 Å². The van der Waals surface area contributed by atoms with Crippen LogP contribution in [0.2, 0.25) is 0 Å². The van der Waals surface area contributed by atoms with E-state index in [0.29, 0.717) is 16.7 Å². The quantitative estimate of drug-likeness (QED) is 0.249. The molecule has 0 radical (unpaired) electrons. The topological polar surface area (TPSA) is 26.3 Å². The van der Waals surface area contributed by atoms with Gasteiger partial charge in [-0.3, -0.25) is 0 Å². The largest absolute Gasteiger partial charge is 0.463 e. The Labute approximate surface area is 163 Å². The normalized spacial score (nSPS) is 12.1. The van der Waals surface area contributed by atoms with E-state index in [9.17, 15) is 31.1 Å². The fourth-order valence-electron chi connectivity index (χ4n) is 2.45. The van der Waals surface area contributed by atoms with Crippen molar-refractivity contribution in [2.45, 2.75) is 19.3 Å². The molecule has 2 aromatic rings. The molecule has 0 amide bonds. The molecule has 2 rings (SSSR count). The van der Waals surface area contributed by atoms with E-state index >= 15 is 0 Å². The van der Waals surface area contributed by atoms with E-state index in [1.54, 1.807) is 6.92 Å². The van der Waals surface area contributed by atoms with Gasteiger partial charge in [0.05, 0.1) is 17.7 Å². The van der Waals surface area contributed by atoms with Crippen LogP contribution in [0.3, 0.4) is 0 Å². The third-order valence-electron chi connectivity index (χ3n) is 3.83. The van der Waals surface area contributed by atoms with Crippen LogP contribution in [0.4, 0.5) is 26.3 Å². The van der Waals surface area contributed by atoms with Crippen LogP contribution in [0.5, 0.6) is 0 Å². The number of ether oxygens (including phenoxy) is 1. The lowest BCUT2D eigenvalue weighted by atomic mass is 9.95. The Morgan fingerprint density at radius 1 is 0.828 bits per heavy atom. The second kappa shape index (κ2) is 8.98. The summed E-state index contributed by atoms with van der Waals surface area (Å²) >= 11 is 0. The molecule has 0 aliphatic rings. The Morgan fingerprint density at radius 2 is 1.24 bits per heavy atom. The maximum Gasteiger partial charge on any atom is 0.416 e. The predicted molar refractivity (Wildman–Crippen MR) is 95.7 cm³/mol. The van der Waals surface area contributed by atoms with Gasteiger partial charge in [0, 0.05) is 6.08 Å². The van der Waals surface area contributed by atoms with Gasteiger partial charge in [0.15, 0.2) is 0 Å². The van der Waals surface area contributed by atoms with Crippen molar-refractivity contribution in [3.63, 3.8) is 0 Å². The average Bonchev–Trinajstić information content (AvgIpc) is 2.64. The van der Waals surface area contributed by atoms with E-state index in [4.69, 9.17) is 4.74 Å². The summed E-state index contributed by atoms with van der Waals surface area (Å²) < 4.78 is 81.4. The first-order valence-corrected chi connectivity index (χ1v) is 8.42. The van der Waals surface area contributed by atoms with Crippen LogP contribution in [-0.2, 0) is 21.9 Å². The van der Waals surface area contributed by atoms with Crippen molar-refractivity contribution in [3.8, 4) is 0 Å². The van der Waals surface area contributed by atoms with Crippen molar-refractivity contribution >= 4 is 11.5 Å². The van der Waals surface area contributed by atoms with E-state index < -0.39 is 29.4 Å². The fourth-order valence-corrected chi connectivity index (χ4v) is 2.45. The number of alkyl halides is 6. The van der Waals surface area contributed by atoms with E-state index in [2.05, 4.69) is 0 Å². The Kier molecular flexibility index (Phi) is 6.89. The highest BCUT2D eigenvalue weighted by atomic mass is 19.4. The molecular weight excluding hydrogens is 398 g/mol. The van der Waals surface area contributed by atoms with Crippen LogP contribution < -0.4 is 0 Å². The molecule has 0 atom stereocenters. The van der Waals surface area contributed by atoms with Crippen LogP contribution >= 0.6 is 0 Å². The van der Waals surface area contributed by atoms with Gasteiger partial charge in [-0.1, -0.05) is 36.4 Å². The Bertz CT molecular complexity index is 829. The first-order valence-electron chi connectivity index (χ1n) is 8.42. The third-order valence-corrected chi connectivity index (χ3v) is 3.83. The molecule has 0 N–H and O–H groups in total. The van der Waals surface area contributed by atoms with Crippen LogP contribution in [-0.4, -0.2) is 12.6 Å². The molecule has 0 unspecified atom stereocenters. The summed E-state index contributed by atoms with van der Waals surface area (Å²) in [6.07, 6.45) is -5.18. The minimum Gasteiger partial charge on any atom is -0.463 e. The molecule has 0 aliphatic carbocycles. The lowest BCUT2D eigenvalue weighted by Gasteiger charge is -2.12. The summed E-state index contributed by atoms with van der Waals surface area (Å²) in [6, 6.07) is 8.36. The molecule has 0 heterocycles. The summed E-state index contributed by atoms with van der Waals surface area (Å²) in [4.78, 5) is 11.4. The van der Waals surface area contributed by atoms with Crippen LogP contribution in [0, 0.1) is 0 Å². The van der Waals surface area contributed by atoms with Gasteiger partial charge in [-0.05, 0) is 47.9 Å². The molecule has 0 spiro atoms. The van der Waals surface area contributed by atoms with Gasteiger partial charge in [-0.15, -0.1) is 0 Å². The number of halogens is 6. The average molecular weight is 414 g/mol. The third kappa shape index (κ3) is 6.23. The monoisotopic (exact) mass is 414 g/mol. The lowest BCUT2D eigenvalue weighted by Crippen LogP contribution is -2.05. The molecule has 29 heavy (non-hydrogen) atoms. The number of esters is 1. The van der Waals surface area contributed by atoms with Gasteiger partial charge >= 0.3 is 18.3 Å². The zero-order chi connectivity index (χ0) is 21.7. The highest BCUT2D eigenvalue weighted by Crippen LogP contribution is 2.33. The summed E-state index contributed by atoms with van der Waals surface area (Å²) in [5.41, 5.74) is -0.685. The highest BCUT2D eigenvalue weighted by molar-refractivity contribution is 5.85. The summed E-state index contributed by atoms with van der Waals surface area (Å²) in [5.74, 6) is -0.622. The standard InChI is InChI=1S/C21H16F6O2/c1-2-29-19(28)5-3-4-18(14-6-10-16(11-7-14)20(22,23)24)15-8-12-17(13-9-15)21(25,26)27/h3-13H,2H2,1H3. The summed E-state index contributed by atoms with van der Waals surface area (Å²) in [5, 5.41) is 0. The first kappa shape index (κ1) is 22.3. The van der Waals surface area contributed by atoms with Gasteiger partial charge in [0.1, 0.15) is 0 Å². The molecule has 0 saturated heterocycles. The number of allylic oxidation sites excluding steroid dienone is 2. The van der Waals surface area contributed by atoms with Gasteiger partial charge < -0.3 is 4.74 Å². The van der Waals surface area contributed by atoms with E-state index in [0.717, 1.165) is 30.3 Å². The summed E-state index contributed by atoms with van der Waals surface area (Å²) in [6.45, 7) is 1.79. The molecule has 0 aliphatic heterocycles. The zero-order valence-corrected chi connectivity index (χ0v) is 15.1. The van der Waals surface area contributed by atoms with E-state index in [-0.39, 0.29) is 6.61 Å². The molecule has 0 saturated carbocycles. The Hall–Kier alpha value is -3.03. The fraction of sp³-hybridized carbons (Fsp3) is 0.190. The molecule has 8 heteroatoms. The Balaban J connectivity index is 2.44. The number of carbonyl (C=O) groups is 1. The first-order chi connectivity index (χ1) is 13.5. The van der Waals surface area contributed by atoms with Gasteiger partial charge in [0.25, 0.3) is 0 Å². The minimum atomic E-state index is -4.51. The maximum atomic E-state index is 12.8. The van der Waals surface area contributed by atoms with E-state index in [1.807, 2.05) is 0 Å². The molecule has 2 aromatic carbocycles. The van der Waals surface area contributed by atoms with Crippen LogP contribution in [0.25, 0.3) is 5.57 Å². The zero-order valence-electron chi connectivity index (χ0n) is 15.1. The van der Waals surface area contributed by atoms with Crippen molar-refractivity contribution in [3.05, 3.63) is 89.0 Å². The summed E-state index contributed by atoms with van der Waals surface area (Å²) in [7, 11) is 0. The van der Waals surface area contributed by atoms with Gasteiger partial charge in [-0.2, -0.15) is 26.3 Å². The SMILES string of the molecule is CCOC(=O)C=CC=C(c1ccc(C(F)(F)F)cc1)c1ccc(C(F)(F)F)cc1. The van der Waals surface area contributed by atoms with Gasteiger partial charge in [0.2, 0.25) is 0 Å². The minimum absolute atomic E-state index is 0.164. The molecular formula is C21H16F6O2. The number of carbonyl (C=O) groups excluding carboxylic acids is 1. The number of hydrogen-bond acceptors (Lipinski definition) is 2. The van der Waals surface area contributed by atoms with Gasteiger partial charge in [-0.25, -0.2) is 4.79 Å². The molecule has 0 bridgehead atoms. The molecule has 154 valence electrons. The lowest BCUT2D eigenvalue weighted by molar-refractivity contribution is -0.138. The maximum absolute atomic E-state index is 12.8. The number of rotatable bonds is 5. The second-order valence-corrected chi connectivity index (χ2v) is 5.84. The number of hydrogen-bond donors (Lipinski definition) is 0. The molecule has 2 nitrogen and oxygen atoms in total. The smallest absolute Gasteiger partial charge is 0.416 e. The number of benzene rings is 2. The van der Waals surface area contributed by atoms with Crippen molar-refractivity contribution in [2.24, 2.45) is 0 Å².